The van der Waals surface area contributed by atoms with Crippen molar-refractivity contribution < 1.29 is 5.11 Å². The highest BCUT2D eigenvalue weighted by atomic mass is 16.3. The summed E-state index contributed by atoms with van der Waals surface area (Å²) in [6, 6.07) is 0.649. The van der Waals surface area contributed by atoms with Crippen LogP contribution in [0.1, 0.15) is 24.6 Å². The summed E-state index contributed by atoms with van der Waals surface area (Å²) in [5.74, 6) is 0. The highest BCUT2D eigenvalue weighted by Gasteiger charge is 2.29. The molecule has 5 nitrogen and oxygen atoms in total. The van der Waals surface area contributed by atoms with Gasteiger partial charge in [0.1, 0.15) is 0 Å². The van der Waals surface area contributed by atoms with Crippen LogP contribution in [-0.2, 0) is 6.61 Å². The molecule has 5 heteroatoms. The van der Waals surface area contributed by atoms with Gasteiger partial charge in [-0.1, -0.05) is 5.21 Å². The number of hydrogen-bond acceptors (Lipinski definition) is 4. The van der Waals surface area contributed by atoms with Gasteiger partial charge in [-0.3, -0.25) is 0 Å². The Hall–Kier alpha value is -0.940. The second kappa shape index (κ2) is 2.84. The van der Waals surface area contributed by atoms with Crippen molar-refractivity contribution in [1.82, 2.24) is 15.0 Å². The Morgan fingerprint density at radius 2 is 2.42 bits per heavy atom. The minimum absolute atomic E-state index is 0.00125. The zero-order valence-electron chi connectivity index (χ0n) is 6.72. The summed E-state index contributed by atoms with van der Waals surface area (Å²) in [7, 11) is 0. The summed E-state index contributed by atoms with van der Waals surface area (Å²) in [6.07, 6.45) is 3.47. The van der Waals surface area contributed by atoms with Crippen LogP contribution in [0.5, 0.6) is 0 Å². The lowest BCUT2D eigenvalue weighted by atomic mass is 9.88. The summed E-state index contributed by atoms with van der Waals surface area (Å²) < 4.78 is 1.77. The summed E-state index contributed by atoms with van der Waals surface area (Å²) >= 11 is 0. The van der Waals surface area contributed by atoms with Crippen LogP contribution in [0.15, 0.2) is 6.20 Å². The van der Waals surface area contributed by atoms with Crippen LogP contribution in [0.4, 0.5) is 0 Å². The van der Waals surface area contributed by atoms with Crippen molar-refractivity contribution in [3.63, 3.8) is 0 Å². The Labute approximate surface area is 70.2 Å². The topological polar surface area (TPSA) is 77.0 Å². The lowest BCUT2D eigenvalue weighted by molar-refractivity contribution is 0.212. The van der Waals surface area contributed by atoms with Crippen molar-refractivity contribution in [3.05, 3.63) is 11.9 Å². The van der Waals surface area contributed by atoms with Crippen LogP contribution < -0.4 is 5.73 Å². The van der Waals surface area contributed by atoms with E-state index in [9.17, 15) is 0 Å². The number of aromatic nitrogens is 3. The molecule has 12 heavy (non-hydrogen) atoms. The Bertz CT molecular complexity index is 266. The standard InChI is InChI=1S/C7H12N4O/c8-5-1-6(2-5)11-7(4-12)3-9-10-11/h3,5-6,12H,1-2,4,8H2/t5-,6-. The van der Waals surface area contributed by atoms with Gasteiger partial charge in [0.2, 0.25) is 0 Å². The summed E-state index contributed by atoms with van der Waals surface area (Å²) in [5.41, 5.74) is 6.41. The Kier molecular flexibility index (Phi) is 1.82. The third kappa shape index (κ3) is 1.11. The minimum atomic E-state index is -0.00125. The van der Waals surface area contributed by atoms with Gasteiger partial charge in [0.15, 0.2) is 0 Å². The first kappa shape index (κ1) is 7.70. The molecule has 0 atom stereocenters. The highest BCUT2D eigenvalue weighted by Crippen LogP contribution is 2.30. The number of nitrogens with two attached hydrogens (primary N) is 1. The SMILES string of the molecule is N[C@H]1C[C@H](n2nncc2CO)C1. The fourth-order valence-corrected chi connectivity index (χ4v) is 1.52. The molecule has 0 spiro atoms. The van der Waals surface area contributed by atoms with Crippen molar-refractivity contribution in [3.8, 4) is 0 Å². The smallest absolute Gasteiger partial charge is 0.0866 e. The molecule has 1 aliphatic rings. The Balaban J connectivity index is 2.12. The monoisotopic (exact) mass is 168 g/mol. The molecule has 0 unspecified atom stereocenters. The first-order valence-electron chi connectivity index (χ1n) is 4.06. The van der Waals surface area contributed by atoms with E-state index < -0.39 is 0 Å². The van der Waals surface area contributed by atoms with Crippen LogP contribution in [0.25, 0.3) is 0 Å². The normalized spacial score (nSPS) is 28.5. The zero-order valence-corrected chi connectivity index (χ0v) is 6.72. The van der Waals surface area contributed by atoms with Gasteiger partial charge >= 0.3 is 0 Å². The molecule has 0 amide bonds. The highest BCUT2D eigenvalue weighted by molar-refractivity contribution is 4.97. The number of aliphatic hydroxyl groups excluding tert-OH is 1. The maximum atomic E-state index is 8.91. The average molecular weight is 168 g/mol. The fourth-order valence-electron chi connectivity index (χ4n) is 1.52. The zero-order chi connectivity index (χ0) is 8.55. The van der Waals surface area contributed by atoms with E-state index in [-0.39, 0.29) is 6.61 Å². The Morgan fingerprint density at radius 3 is 3.00 bits per heavy atom. The molecule has 1 aromatic rings. The predicted molar refractivity (Wildman–Crippen MR) is 42.2 cm³/mol. The molecule has 1 fully saturated rings. The van der Waals surface area contributed by atoms with Crippen LogP contribution in [0.2, 0.25) is 0 Å². The van der Waals surface area contributed by atoms with Gasteiger partial charge in [-0.15, -0.1) is 5.10 Å². The van der Waals surface area contributed by atoms with Crippen LogP contribution in [0.3, 0.4) is 0 Å². The van der Waals surface area contributed by atoms with E-state index in [0.717, 1.165) is 18.5 Å². The quantitative estimate of drug-likeness (QED) is 0.620. The van der Waals surface area contributed by atoms with E-state index in [2.05, 4.69) is 10.3 Å². The molecule has 0 saturated heterocycles. The molecule has 0 bridgehead atoms. The number of aliphatic hydroxyl groups is 1. The van der Waals surface area contributed by atoms with Crippen LogP contribution in [0, 0.1) is 0 Å². The minimum Gasteiger partial charge on any atom is -0.390 e. The molecule has 1 aliphatic carbocycles. The third-order valence-electron chi connectivity index (χ3n) is 2.31. The van der Waals surface area contributed by atoms with Crippen molar-refractivity contribution in [2.75, 3.05) is 0 Å². The molecular formula is C7H12N4O. The number of rotatable bonds is 2. The van der Waals surface area contributed by atoms with Crippen molar-refractivity contribution in [2.45, 2.75) is 31.5 Å². The van der Waals surface area contributed by atoms with Gasteiger partial charge < -0.3 is 10.8 Å². The van der Waals surface area contributed by atoms with Gasteiger partial charge in [-0.05, 0) is 12.8 Å². The molecule has 1 saturated carbocycles. The first-order chi connectivity index (χ1) is 5.81. The van der Waals surface area contributed by atoms with Crippen molar-refractivity contribution >= 4 is 0 Å². The summed E-state index contributed by atoms with van der Waals surface area (Å²) in [4.78, 5) is 0. The van der Waals surface area contributed by atoms with E-state index >= 15 is 0 Å². The molecule has 1 heterocycles. The number of nitrogens with zero attached hydrogens (tertiary/aromatic N) is 3. The van der Waals surface area contributed by atoms with Crippen molar-refractivity contribution in [1.29, 1.82) is 0 Å². The second-order valence-corrected chi connectivity index (χ2v) is 3.21. The second-order valence-electron chi connectivity index (χ2n) is 3.21. The lowest BCUT2D eigenvalue weighted by Gasteiger charge is -2.32. The van der Waals surface area contributed by atoms with E-state index in [0.29, 0.717) is 12.1 Å². The van der Waals surface area contributed by atoms with Gasteiger partial charge in [0.05, 0.1) is 24.5 Å². The number of hydrogen-bond donors (Lipinski definition) is 2. The summed E-state index contributed by atoms with van der Waals surface area (Å²) in [6.45, 7) is -0.00125. The predicted octanol–water partition coefficient (Wildman–Crippen LogP) is -0.567. The van der Waals surface area contributed by atoms with Gasteiger partial charge in [0.25, 0.3) is 0 Å². The molecule has 0 aliphatic heterocycles. The largest absolute Gasteiger partial charge is 0.390 e. The van der Waals surface area contributed by atoms with E-state index in [1.807, 2.05) is 0 Å². The molecule has 1 aromatic heterocycles. The third-order valence-corrected chi connectivity index (χ3v) is 2.31. The van der Waals surface area contributed by atoms with Crippen LogP contribution >= 0.6 is 0 Å². The molecular weight excluding hydrogens is 156 g/mol. The maximum absolute atomic E-state index is 8.91. The molecule has 2 rings (SSSR count). The van der Waals surface area contributed by atoms with E-state index in [1.54, 1.807) is 10.9 Å². The van der Waals surface area contributed by atoms with E-state index in [1.165, 1.54) is 0 Å². The van der Waals surface area contributed by atoms with Gasteiger partial charge in [0, 0.05) is 6.04 Å². The summed E-state index contributed by atoms with van der Waals surface area (Å²) in [5, 5.41) is 16.5. The average Bonchev–Trinajstić information content (AvgIpc) is 2.45. The van der Waals surface area contributed by atoms with Crippen LogP contribution in [-0.4, -0.2) is 26.1 Å². The molecule has 0 radical (unpaired) electrons. The van der Waals surface area contributed by atoms with Crippen molar-refractivity contribution in [2.24, 2.45) is 5.73 Å². The van der Waals surface area contributed by atoms with Gasteiger partial charge in [-0.25, -0.2) is 4.68 Å². The lowest BCUT2D eigenvalue weighted by Crippen LogP contribution is -2.38. The first-order valence-corrected chi connectivity index (χ1v) is 4.06. The molecule has 66 valence electrons. The molecule has 0 aromatic carbocycles. The van der Waals surface area contributed by atoms with Gasteiger partial charge in [-0.2, -0.15) is 0 Å². The fraction of sp³-hybridized carbons (Fsp3) is 0.714. The molecule has 3 N–H and O–H groups in total. The Morgan fingerprint density at radius 1 is 1.67 bits per heavy atom. The van der Waals surface area contributed by atoms with E-state index in [4.69, 9.17) is 10.8 Å². The maximum Gasteiger partial charge on any atom is 0.0866 e.